The van der Waals surface area contributed by atoms with E-state index in [-0.39, 0.29) is 11.8 Å². The van der Waals surface area contributed by atoms with Gasteiger partial charge in [-0.25, -0.2) is 0 Å². The highest BCUT2D eigenvalue weighted by molar-refractivity contribution is 7.09. The van der Waals surface area contributed by atoms with Crippen LogP contribution in [0.5, 0.6) is 0 Å². The van der Waals surface area contributed by atoms with Gasteiger partial charge in [0.2, 0.25) is 5.91 Å². The average Bonchev–Trinajstić information content (AvgIpc) is 3.00. The molecule has 0 bridgehead atoms. The molecule has 2 heterocycles. The van der Waals surface area contributed by atoms with Crippen molar-refractivity contribution in [2.24, 2.45) is 0 Å². The van der Waals surface area contributed by atoms with Crippen LogP contribution in [0.3, 0.4) is 0 Å². The first-order valence-corrected chi connectivity index (χ1v) is 7.85. The molecule has 1 aliphatic heterocycles. The molecule has 3 rings (SSSR count). The Bertz CT molecular complexity index is 580. The molecule has 0 aliphatic carbocycles. The summed E-state index contributed by atoms with van der Waals surface area (Å²) in [5.41, 5.74) is 2.21. The van der Waals surface area contributed by atoms with Crippen molar-refractivity contribution in [3.05, 3.63) is 52.2 Å². The summed E-state index contributed by atoms with van der Waals surface area (Å²) in [6.45, 7) is 1.57. The van der Waals surface area contributed by atoms with Crippen molar-refractivity contribution in [3.8, 4) is 0 Å². The molecule has 0 saturated heterocycles. The summed E-state index contributed by atoms with van der Waals surface area (Å²) in [7, 11) is 0. The number of thiophene rings is 1. The number of hydrogen-bond acceptors (Lipinski definition) is 3. The standard InChI is InChI=1S/C16H18N2OS/c19-16(18-9-7-12-4-3-11-20-12)14-8-10-17-15-6-2-1-5-13(14)15/h1-6,11,14,17H,7-10H2,(H,18,19). The predicted molar refractivity (Wildman–Crippen MR) is 83.3 cm³/mol. The normalized spacial score (nSPS) is 17.1. The molecule has 0 radical (unpaired) electrons. The summed E-state index contributed by atoms with van der Waals surface area (Å²) < 4.78 is 0. The molecule has 1 amide bonds. The number of para-hydroxylation sites is 1. The van der Waals surface area contributed by atoms with Gasteiger partial charge >= 0.3 is 0 Å². The van der Waals surface area contributed by atoms with Gasteiger partial charge in [-0.15, -0.1) is 11.3 Å². The zero-order chi connectivity index (χ0) is 13.8. The Hall–Kier alpha value is -1.81. The number of carbonyl (C=O) groups excluding carboxylic acids is 1. The summed E-state index contributed by atoms with van der Waals surface area (Å²) in [5, 5.41) is 8.49. The molecule has 0 saturated carbocycles. The SMILES string of the molecule is O=C(NCCc1cccs1)C1CCNc2ccccc21. The van der Waals surface area contributed by atoms with Crippen LogP contribution < -0.4 is 10.6 Å². The number of carbonyl (C=O) groups is 1. The summed E-state index contributed by atoms with van der Waals surface area (Å²) in [5.74, 6) is 0.131. The van der Waals surface area contributed by atoms with Crippen molar-refractivity contribution in [1.29, 1.82) is 0 Å². The molecule has 2 aromatic rings. The Balaban J connectivity index is 1.60. The van der Waals surface area contributed by atoms with Crippen LogP contribution in [-0.2, 0) is 11.2 Å². The van der Waals surface area contributed by atoms with Gasteiger partial charge in [-0.1, -0.05) is 24.3 Å². The molecule has 1 aliphatic rings. The third-order valence-corrected chi connectivity index (χ3v) is 4.59. The van der Waals surface area contributed by atoms with Crippen LogP contribution in [0.2, 0.25) is 0 Å². The molecule has 1 atom stereocenters. The Labute approximate surface area is 123 Å². The van der Waals surface area contributed by atoms with E-state index in [9.17, 15) is 4.79 Å². The highest BCUT2D eigenvalue weighted by atomic mass is 32.1. The minimum absolute atomic E-state index is 0.0178. The van der Waals surface area contributed by atoms with Crippen LogP contribution in [0.25, 0.3) is 0 Å². The molecule has 2 N–H and O–H groups in total. The third kappa shape index (κ3) is 2.85. The molecule has 0 spiro atoms. The number of amides is 1. The van der Waals surface area contributed by atoms with E-state index in [0.29, 0.717) is 6.54 Å². The lowest BCUT2D eigenvalue weighted by Gasteiger charge is -2.25. The minimum Gasteiger partial charge on any atom is -0.385 e. The van der Waals surface area contributed by atoms with E-state index < -0.39 is 0 Å². The van der Waals surface area contributed by atoms with Gasteiger partial charge in [-0.05, 0) is 35.9 Å². The Morgan fingerprint density at radius 2 is 2.20 bits per heavy atom. The monoisotopic (exact) mass is 286 g/mol. The Morgan fingerprint density at radius 3 is 3.05 bits per heavy atom. The Morgan fingerprint density at radius 1 is 1.30 bits per heavy atom. The van der Waals surface area contributed by atoms with Crippen LogP contribution in [0, 0.1) is 0 Å². The average molecular weight is 286 g/mol. The van der Waals surface area contributed by atoms with Gasteiger partial charge in [0.05, 0.1) is 5.92 Å². The molecule has 1 aromatic heterocycles. The molecule has 104 valence electrons. The predicted octanol–water partition coefficient (Wildman–Crippen LogP) is 3.01. The van der Waals surface area contributed by atoms with Gasteiger partial charge in [0.1, 0.15) is 0 Å². The number of fused-ring (bicyclic) bond motifs is 1. The van der Waals surface area contributed by atoms with Crippen LogP contribution >= 0.6 is 11.3 Å². The number of nitrogens with one attached hydrogen (secondary N) is 2. The molecule has 3 nitrogen and oxygen atoms in total. The summed E-state index contributed by atoms with van der Waals surface area (Å²) in [6, 6.07) is 12.2. The fourth-order valence-corrected chi connectivity index (χ4v) is 3.34. The van der Waals surface area contributed by atoms with Crippen molar-refractivity contribution < 1.29 is 4.79 Å². The van der Waals surface area contributed by atoms with Crippen LogP contribution in [-0.4, -0.2) is 19.0 Å². The van der Waals surface area contributed by atoms with Crippen molar-refractivity contribution in [2.75, 3.05) is 18.4 Å². The fourth-order valence-electron chi connectivity index (χ4n) is 2.63. The summed E-state index contributed by atoms with van der Waals surface area (Å²) >= 11 is 1.74. The molecule has 1 aromatic carbocycles. The molecule has 0 fully saturated rings. The van der Waals surface area contributed by atoms with Gasteiger partial charge in [0.25, 0.3) is 0 Å². The molecule has 1 unspecified atom stereocenters. The van der Waals surface area contributed by atoms with Crippen LogP contribution in [0.1, 0.15) is 22.8 Å². The van der Waals surface area contributed by atoms with Gasteiger partial charge < -0.3 is 10.6 Å². The van der Waals surface area contributed by atoms with Gasteiger partial charge in [-0.3, -0.25) is 4.79 Å². The highest BCUT2D eigenvalue weighted by Gasteiger charge is 2.25. The maximum atomic E-state index is 12.4. The fraction of sp³-hybridized carbons (Fsp3) is 0.312. The number of hydrogen-bond donors (Lipinski definition) is 2. The zero-order valence-electron chi connectivity index (χ0n) is 11.3. The largest absolute Gasteiger partial charge is 0.385 e. The first-order chi connectivity index (χ1) is 9.84. The number of benzene rings is 1. The summed E-state index contributed by atoms with van der Waals surface area (Å²) in [6.07, 6.45) is 1.78. The minimum atomic E-state index is -0.0178. The van der Waals surface area contributed by atoms with Crippen LogP contribution in [0.4, 0.5) is 5.69 Å². The Kier molecular flexibility index (Phi) is 4.02. The number of rotatable bonds is 4. The lowest BCUT2D eigenvalue weighted by molar-refractivity contribution is -0.122. The van der Waals surface area contributed by atoms with E-state index in [1.54, 1.807) is 11.3 Å². The van der Waals surface area contributed by atoms with Crippen molar-refractivity contribution in [2.45, 2.75) is 18.8 Å². The highest BCUT2D eigenvalue weighted by Crippen LogP contribution is 2.31. The molecule has 4 heteroatoms. The van der Waals surface area contributed by atoms with Crippen molar-refractivity contribution >= 4 is 22.9 Å². The summed E-state index contributed by atoms with van der Waals surface area (Å²) in [4.78, 5) is 13.7. The number of anilines is 1. The van der Waals surface area contributed by atoms with Crippen molar-refractivity contribution in [3.63, 3.8) is 0 Å². The van der Waals surface area contributed by atoms with Gasteiger partial charge in [-0.2, -0.15) is 0 Å². The third-order valence-electron chi connectivity index (χ3n) is 3.65. The lowest BCUT2D eigenvalue weighted by Crippen LogP contribution is -2.34. The van der Waals surface area contributed by atoms with E-state index in [1.165, 1.54) is 4.88 Å². The van der Waals surface area contributed by atoms with Gasteiger partial charge in [0.15, 0.2) is 0 Å². The first kappa shape index (κ1) is 13.2. The first-order valence-electron chi connectivity index (χ1n) is 6.97. The second-order valence-corrected chi connectivity index (χ2v) is 6.01. The topological polar surface area (TPSA) is 41.1 Å². The maximum Gasteiger partial charge on any atom is 0.227 e. The van der Waals surface area contributed by atoms with E-state index in [4.69, 9.17) is 0 Å². The second-order valence-electron chi connectivity index (χ2n) is 4.98. The van der Waals surface area contributed by atoms with Gasteiger partial charge in [0, 0.05) is 23.7 Å². The second kappa shape index (κ2) is 6.09. The quantitative estimate of drug-likeness (QED) is 0.907. The van der Waals surface area contributed by atoms with Crippen molar-refractivity contribution in [1.82, 2.24) is 5.32 Å². The smallest absolute Gasteiger partial charge is 0.227 e. The molecular weight excluding hydrogens is 268 g/mol. The molecule has 20 heavy (non-hydrogen) atoms. The van der Waals surface area contributed by atoms with E-state index in [0.717, 1.165) is 30.6 Å². The van der Waals surface area contributed by atoms with E-state index in [2.05, 4.69) is 22.1 Å². The van der Waals surface area contributed by atoms with E-state index in [1.807, 2.05) is 30.3 Å². The van der Waals surface area contributed by atoms with E-state index >= 15 is 0 Å². The maximum absolute atomic E-state index is 12.4. The zero-order valence-corrected chi connectivity index (χ0v) is 12.1. The lowest BCUT2D eigenvalue weighted by atomic mass is 9.90. The van der Waals surface area contributed by atoms with Crippen LogP contribution in [0.15, 0.2) is 41.8 Å². The molecular formula is C16H18N2OS.